The monoisotopic (exact) mass is 332 g/mol. The first kappa shape index (κ1) is 16.4. The third-order valence-electron chi connectivity index (χ3n) is 3.90. The number of hydrogen-bond acceptors (Lipinski definition) is 3. The van der Waals surface area contributed by atoms with E-state index in [4.69, 9.17) is 28.9 Å². The Hall–Kier alpha value is 0.0700. The number of piperidine rings is 1. The van der Waals surface area contributed by atoms with Crippen molar-refractivity contribution < 1.29 is 0 Å². The lowest BCUT2D eigenvalue weighted by Crippen LogP contribution is -2.47. The first-order valence-electron chi connectivity index (χ1n) is 7.12. The number of benzene rings is 1. The molecular weight excluding hydrogens is 311 g/mol. The van der Waals surface area contributed by atoms with Gasteiger partial charge in [0.25, 0.3) is 0 Å². The lowest BCUT2D eigenvalue weighted by Gasteiger charge is -2.37. The molecule has 2 nitrogen and oxygen atoms in total. The summed E-state index contributed by atoms with van der Waals surface area (Å²) in [5.74, 6) is 1.82. The maximum Gasteiger partial charge on any atom is 0.0542 e. The molecule has 0 amide bonds. The molecule has 2 atom stereocenters. The molecule has 1 saturated heterocycles. The second kappa shape index (κ2) is 7.90. The largest absolute Gasteiger partial charge is 0.329 e. The number of nitrogens with two attached hydrogens (primary N) is 1. The summed E-state index contributed by atoms with van der Waals surface area (Å²) >= 11 is 14.0. The predicted molar refractivity (Wildman–Crippen MR) is 90.0 cm³/mol. The third kappa shape index (κ3) is 4.54. The van der Waals surface area contributed by atoms with Gasteiger partial charge in [-0.1, -0.05) is 30.1 Å². The summed E-state index contributed by atoms with van der Waals surface area (Å²) in [5, 5.41) is 1.52. The van der Waals surface area contributed by atoms with E-state index >= 15 is 0 Å². The predicted octanol–water partition coefficient (Wildman–Crippen LogP) is 4.14. The molecule has 0 aliphatic carbocycles. The van der Waals surface area contributed by atoms with Crippen LogP contribution >= 0.6 is 35.0 Å². The van der Waals surface area contributed by atoms with E-state index < -0.39 is 0 Å². The lowest BCUT2D eigenvalue weighted by atomic mass is 9.92. The van der Waals surface area contributed by atoms with Gasteiger partial charge in [-0.25, -0.2) is 0 Å². The summed E-state index contributed by atoms with van der Waals surface area (Å²) in [6, 6.07) is 6.16. The molecule has 20 heavy (non-hydrogen) atoms. The molecule has 0 radical (unpaired) electrons. The van der Waals surface area contributed by atoms with Gasteiger partial charge in [0.1, 0.15) is 0 Å². The van der Waals surface area contributed by atoms with Gasteiger partial charge in [0.15, 0.2) is 0 Å². The van der Waals surface area contributed by atoms with Crippen LogP contribution in [-0.2, 0) is 0 Å². The molecule has 112 valence electrons. The molecular formula is C15H22Cl2N2S. The molecule has 1 aliphatic rings. The van der Waals surface area contributed by atoms with Gasteiger partial charge in [-0.2, -0.15) is 0 Å². The van der Waals surface area contributed by atoms with Crippen molar-refractivity contribution in [3.63, 3.8) is 0 Å². The van der Waals surface area contributed by atoms with E-state index in [1.54, 1.807) is 11.8 Å². The Morgan fingerprint density at radius 3 is 2.95 bits per heavy atom. The van der Waals surface area contributed by atoms with Gasteiger partial charge in [-0.3, -0.25) is 4.90 Å². The molecule has 0 bridgehead atoms. The van der Waals surface area contributed by atoms with Crippen molar-refractivity contribution >= 4 is 35.0 Å². The van der Waals surface area contributed by atoms with Crippen molar-refractivity contribution in [2.75, 3.05) is 25.4 Å². The van der Waals surface area contributed by atoms with E-state index in [9.17, 15) is 0 Å². The fourth-order valence-corrected chi connectivity index (χ4v) is 4.18. The molecule has 1 fully saturated rings. The van der Waals surface area contributed by atoms with Crippen LogP contribution in [0.2, 0.25) is 10.0 Å². The summed E-state index contributed by atoms with van der Waals surface area (Å²) < 4.78 is 0. The second-order valence-corrected chi connectivity index (χ2v) is 7.46. The van der Waals surface area contributed by atoms with Gasteiger partial charge in [-0.05, 0) is 43.5 Å². The lowest BCUT2D eigenvalue weighted by molar-refractivity contribution is 0.131. The standard InChI is InChI=1S/C15H22Cl2N2S/c1-11-4-5-19(13(8-11)10-18)6-7-20-15-9-12(16)2-3-14(15)17/h2-3,9,11,13H,4-8,10,18H2,1H3. The molecule has 1 aromatic rings. The van der Waals surface area contributed by atoms with E-state index in [2.05, 4.69) is 11.8 Å². The van der Waals surface area contributed by atoms with Gasteiger partial charge >= 0.3 is 0 Å². The molecule has 1 heterocycles. The van der Waals surface area contributed by atoms with Crippen LogP contribution in [0.1, 0.15) is 19.8 Å². The fraction of sp³-hybridized carbons (Fsp3) is 0.600. The van der Waals surface area contributed by atoms with Crippen molar-refractivity contribution in [1.29, 1.82) is 0 Å². The highest BCUT2D eigenvalue weighted by Crippen LogP contribution is 2.30. The minimum atomic E-state index is 0.536. The maximum absolute atomic E-state index is 6.18. The highest BCUT2D eigenvalue weighted by molar-refractivity contribution is 7.99. The SMILES string of the molecule is CC1CCN(CCSc2cc(Cl)ccc2Cl)C(CN)C1. The fourth-order valence-electron chi connectivity index (χ4n) is 2.70. The molecule has 2 N–H and O–H groups in total. The molecule has 2 rings (SSSR count). The highest BCUT2D eigenvalue weighted by atomic mass is 35.5. The summed E-state index contributed by atoms with van der Waals surface area (Å²) in [5.41, 5.74) is 5.90. The van der Waals surface area contributed by atoms with Gasteiger partial charge < -0.3 is 5.73 Å². The van der Waals surface area contributed by atoms with E-state index in [1.165, 1.54) is 12.8 Å². The number of rotatable bonds is 5. The van der Waals surface area contributed by atoms with Gasteiger partial charge in [0.05, 0.1) is 5.02 Å². The van der Waals surface area contributed by atoms with Crippen LogP contribution in [0.4, 0.5) is 0 Å². The summed E-state index contributed by atoms with van der Waals surface area (Å²) in [6.45, 7) is 5.29. The topological polar surface area (TPSA) is 29.3 Å². The first-order valence-corrected chi connectivity index (χ1v) is 8.86. The van der Waals surface area contributed by atoms with Crippen molar-refractivity contribution in [3.05, 3.63) is 28.2 Å². The van der Waals surface area contributed by atoms with Crippen molar-refractivity contribution in [3.8, 4) is 0 Å². The van der Waals surface area contributed by atoms with Crippen molar-refractivity contribution in [2.24, 2.45) is 11.7 Å². The van der Waals surface area contributed by atoms with Crippen LogP contribution in [0.5, 0.6) is 0 Å². The van der Waals surface area contributed by atoms with Crippen LogP contribution in [0.25, 0.3) is 0 Å². The molecule has 0 aromatic heterocycles. The highest BCUT2D eigenvalue weighted by Gasteiger charge is 2.24. The number of likely N-dealkylation sites (tertiary alicyclic amines) is 1. The third-order valence-corrected chi connectivity index (χ3v) is 5.61. The summed E-state index contributed by atoms with van der Waals surface area (Å²) in [6.07, 6.45) is 2.50. The molecule has 5 heteroatoms. The maximum atomic E-state index is 6.18. The molecule has 1 aromatic carbocycles. The quantitative estimate of drug-likeness (QED) is 0.821. The Balaban J connectivity index is 1.84. The Bertz CT molecular complexity index is 442. The average molecular weight is 333 g/mol. The second-order valence-electron chi connectivity index (χ2n) is 5.48. The normalized spacial score (nSPS) is 24.0. The molecule has 0 spiro atoms. The van der Waals surface area contributed by atoms with Crippen LogP contribution in [0.3, 0.4) is 0 Å². The van der Waals surface area contributed by atoms with Gasteiger partial charge in [-0.15, -0.1) is 11.8 Å². The zero-order valence-corrected chi connectivity index (χ0v) is 14.1. The van der Waals surface area contributed by atoms with E-state index in [0.717, 1.165) is 46.2 Å². The van der Waals surface area contributed by atoms with Gasteiger partial charge in [0, 0.05) is 34.8 Å². The minimum absolute atomic E-state index is 0.536. The average Bonchev–Trinajstić information content (AvgIpc) is 2.44. The molecule has 0 saturated carbocycles. The van der Waals surface area contributed by atoms with E-state index in [0.29, 0.717) is 6.04 Å². The number of thioether (sulfide) groups is 1. The zero-order valence-electron chi connectivity index (χ0n) is 11.8. The minimum Gasteiger partial charge on any atom is -0.329 e. The number of halogens is 2. The van der Waals surface area contributed by atoms with Crippen LogP contribution < -0.4 is 5.73 Å². The number of hydrogen-bond donors (Lipinski definition) is 1. The van der Waals surface area contributed by atoms with E-state index in [-0.39, 0.29) is 0 Å². The molecule has 1 aliphatic heterocycles. The van der Waals surface area contributed by atoms with Crippen molar-refractivity contribution in [1.82, 2.24) is 4.90 Å². The Labute approximate surface area is 136 Å². The molecule has 2 unspecified atom stereocenters. The van der Waals surface area contributed by atoms with Crippen LogP contribution in [0.15, 0.2) is 23.1 Å². The zero-order chi connectivity index (χ0) is 14.5. The first-order chi connectivity index (χ1) is 9.60. The Morgan fingerprint density at radius 1 is 1.40 bits per heavy atom. The van der Waals surface area contributed by atoms with Crippen LogP contribution in [-0.4, -0.2) is 36.3 Å². The Kier molecular flexibility index (Phi) is 6.50. The van der Waals surface area contributed by atoms with Gasteiger partial charge in [0.2, 0.25) is 0 Å². The van der Waals surface area contributed by atoms with Crippen LogP contribution in [0, 0.1) is 5.92 Å². The summed E-state index contributed by atoms with van der Waals surface area (Å²) in [4.78, 5) is 3.58. The Morgan fingerprint density at radius 2 is 2.20 bits per heavy atom. The smallest absolute Gasteiger partial charge is 0.0542 e. The van der Waals surface area contributed by atoms with E-state index in [1.807, 2.05) is 18.2 Å². The number of nitrogens with zero attached hydrogens (tertiary/aromatic N) is 1. The van der Waals surface area contributed by atoms with Crippen molar-refractivity contribution in [2.45, 2.75) is 30.7 Å². The summed E-state index contributed by atoms with van der Waals surface area (Å²) in [7, 11) is 0.